The van der Waals surface area contributed by atoms with Crippen molar-refractivity contribution in [2.45, 2.75) is 18.7 Å². The van der Waals surface area contributed by atoms with Gasteiger partial charge in [0.05, 0.1) is 12.2 Å². The van der Waals surface area contributed by atoms with Crippen molar-refractivity contribution >= 4 is 39.8 Å². The number of carbonyl (C=O) groups excluding carboxylic acids is 1. The third-order valence-corrected chi connectivity index (χ3v) is 5.09. The van der Waals surface area contributed by atoms with Gasteiger partial charge in [0.15, 0.2) is 5.17 Å². The van der Waals surface area contributed by atoms with Crippen LogP contribution in [0.2, 0.25) is 0 Å². The van der Waals surface area contributed by atoms with Crippen molar-refractivity contribution in [2.75, 3.05) is 23.3 Å². The minimum atomic E-state index is -0.164. The van der Waals surface area contributed by atoms with E-state index in [1.807, 2.05) is 44.2 Å². The van der Waals surface area contributed by atoms with Gasteiger partial charge in [-0.25, -0.2) is 0 Å². The van der Waals surface area contributed by atoms with E-state index >= 15 is 0 Å². The first-order valence-corrected chi connectivity index (χ1v) is 8.62. The number of hydrogen-bond donors (Lipinski definition) is 1. The van der Waals surface area contributed by atoms with Crippen LogP contribution in [0.3, 0.4) is 0 Å². The Bertz CT molecular complexity index is 882. The van der Waals surface area contributed by atoms with Crippen LogP contribution >= 0.6 is 11.8 Å². The van der Waals surface area contributed by atoms with Gasteiger partial charge in [0, 0.05) is 23.2 Å². The van der Waals surface area contributed by atoms with E-state index in [1.165, 1.54) is 4.90 Å². The van der Waals surface area contributed by atoms with Gasteiger partial charge in [-0.1, -0.05) is 0 Å². The van der Waals surface area contributed by atoms with Crippen LogP contribution in [0.15, 0.2) is 50.7 Å². The fourth-order valence-corrected chi connectivity index (χ4v) is 3.88. The second kappa shape index (κ2) is 5.87. The number of aryl methyl sites for hydroxylation is 1. The van der Waals surface area contributed by atoms with Crippen molar-refractivity contribution in [1.29, 1.82) is 0 Å². The Hall–Kier alpha value is -2.47. The van der Waals surface area contributed by atoms with Gasteiger partial charge >= 0.3 is 0 Å². The van der Waals surface area contributed by atoms with Crippen molar-refractivity contribution in [1.82, 2.24) is 0 Å². The molecule has 0 bridgehead atoms. The lowest BCUT2D eigenvalue weighted by Gasteiger charge is -2.13. The van der Waals surface area contributed by atoms with Crippen LogP contribution in [0.1, 0.15) is 18.4 Å². The number of benzene rings is 1. The first-order chi connectivity index (χ1) is 11.6. The predicted molar refractivity (Wildman–Crippen MR) is 97.7 cm³/mol. The van der Waals surface area contributed by atoms with Gasteiger partial charge in [-0.05, 0) is 61.5 Å². The van der Waals surface area contributed by atoms with Crippen LogP contribution in [0.4, 0.5) is 11.4 Å². The highest BCUT2D eigenvalue weighted by Crippen LogP contribution is 2.43. The fourth-order valence-electron chi connectivity index (χ4n) is 2.82. The number of amides is 1. The van der Waals surface area contributed by atoms with Crippen molar-refractivity contribution in [3.63, 3.8) is 0 Å². The topological polar surface area (TPSA) is 57.8 Å². The molecule has 2 aliphatic heterocycles. The lowest BCUT2D eigenvalue weighted by Crippen LogP contribution is -2.20. The van der Waals surface area contributed by atoms with Crippen LogP contribution in [0.25, 0.3) is 5.57 Å². The smallest absolute Gasteiger partial charge is 0.248 e. The third kappa shape index (κ3) is 2.73. The molecule has 0 saturated heterocycles. The van der Waals surface area contributed by atoms with E-state index < -0.39 is 0 Å². The molecule has 1 aromatic carbocycles. The molecule has 0 atom stereocenters. The standard InChI is InChI=1S/C18H17N3O2S/c1-11(15-5-3-12(2)23-15)9-17(22)20-13-4-6-16-14(10-13)21-8-7-19-18(21)24-16/h3-6,9-10H,7-8H2,1-2H3,(H,20,22). The molecule has 0 aliphatic carbocycles. The average Bonchev–Trinajstić information content (AvgIpc) is 3.23. The molecule has 0 saturated carbocycles. The van der Waals surface area contributed by atoms with E-state index in [-0.39, 0.29) is 5.91 Å². The van der Waals surface area contributed by atoms with Gasteiger partial charge in [0.1, 0.15) is 11.5 Å². The van der Waals surface area contributed by atoms with Crippen LogP contribution < -0.4 is 10.2 Å². The van der Waals surface area contributed by atoms with E-state index in [2.05, 4.69) is 15.2 Å². The maximum atomic E-state index is 12.3. The zero-order valence-electron chi connectivity index (χ0n) is 13.5. The summed E-state index contributed by atoms with van der Waals surface area (Å²) in [6.07, 6.45) is 1.56. The highest BCUT2D eigenvalue weighted by molar-refractivity contribution is 8.14. The first-order valence-electron chi connectivity index (χ1n) is 7.80. The lowest BCUT2D eigenvalue weighted by molar-refractivity contribution is -0.111. The Morgan fingerprint density at radius 3 is 3.04 bits per heavy atom. The second-order valence-electron chi connectivity index (χ2n) is 5.83. The number of nitrogens with zero attached hydrogens (tertiary/aromatic N) is 2. The quantitative estimate of drug-likeness (QED) is 0.861. The summed E-state index contributed by atoms with van der Waals surface area (Å²) in [6.45, 7) is 5.49. The van der Waals surface area contributed by atoms with E-state index in [0.717, 1.165) is 41.0 Å². The van der Waals surface area contributed by atoms with Gasteiger partial charge in [0.25, 0.3) is 0 Å². The summed E-state index contributed by atoms with van der Waals surface area (Å²) in [6, 6.07) is 9.72. The Balaban J connectivity index is 1.51. The molecule has 0 radical (unpaired) electrons. The molecule has 1 N–H and O–H groups in total. The molecular weight excluding hydrogens is 322 g/mol. The van der Waals surface area contributed by atoms with Crippen molar-refractivity contribution < 1.29 is 9.21 Å². The summed E-state index contributed by atoms with van der Waals surface area (Å²) in [5, 5.41) is 3.98. The zero-order chi connectivity index (χ0) is 16.7. The number of allylic oxidation sites excluding steroid dienone is 1. The summed E-state index contributed by atoms with van der Waals surface area (Å²) in [5.74, 6) is 1.38. The number of hydrogen-bond acceptors (Lipinski definition) is 5. The van der Waals surface area contributed by atoms with Crippen LogP contribution in [-0.4, -0.2) is 24.2 Å². The van der Waals surface area contributed by atoms with Crippen molar-refractivity contribution in [3.05, 3.63) is 47.9 Å². The SMILES string of the molecule is CC(=CC(=O)Nc1ccc2c(c1)N1CCN=C1S2)c1ccc(C)o1. The zero-order valence-corrected chi connectivity index (χ0v) is 14.3. The monoisotopic (exact) mass is 339 g/mol. The molecule has 2 aliphatic rings. The maximum Gasteiger partial charge on any atom is 0.248 e. The highest BCUT2D eigenvalue weighted by atomic mass is 32.2. The third-order valence-electron chi connectivity index (χ3n) is 4.00. The van der Waals surface area contributed by atoms with Crippen LogP contribution in [-0.2, 0) is 4.79 Å². The summed E-state index contributed by atoms with van der Waals surface area (Å²) in [7, 11) is 0. The molecule has 1 aromatic heterocycles. The molecule has 0 fully saturated rings. The number of aliphatic imine (C=N–C) groups is 1. The number of thioether (sulfide) groups is 1. The molecule has 0 spiro atoms. The van der Waals surface area contributed by atoms with E-state index in [0.29, 0.717) is 5.76 Å². The summed E-state index contributed by atoms with van der Waals surface area (Å²) >= 11 is 1.68. The lowest BCUT2D eigenvalue weighted by atomic mass is 10.2. The van der Waals surface area contributed by atoms with Gasteiger partial charge in [-0.15, -0.1) is 0 Å². The van der Waals surface area contributed by atoms with E-state index in [4.69, 9.17) is 4.42 Å². The number of anilines is 2. The number of nitrogens with one attached hydrogen (secondary N) is 1. The minimum Gasteiger partial charge on any atom is -0.462 e. The molecule has 0 unspecified atom stereocenters. The van der Waals surface area contributed by atoms with Crippen LogP contribution in [0.5, 0.6) is 0 Å². The normalized spacial score (nSPS) is 16.0. The molecular formula is C18H17N3O2S. The van der Waals surface area contributed by atoms with Gasteiger partial charge < -0.3 is 14.6 Å². The highest BCUT2D eigenvalue weighted by Gasteiger charge is 2.29. The minimum absolute atomic E-state index is 0.164. The maximum absolute atomic E-state index is 12.3. The van der Waals surface area contributed by atoms with Crippen molar-refractivity contribution in [2.24, 2.45) is 4.99 Å². The largest absolute Gasteiger partial charge is 0.462 e. The molecule has 24 heavy (non-hydrogen) atoms. The number of amidine groups is 1. The predicted octanol–water partition coefficient (Wildman–Crippen LogP) is 3.91. The molecule has 122 valence electrons. The Morgan fingerprint density at radius 1 is 1.38 bits per heavy atom. The Morgan fingerprint density at radius 2 is 2.25 bits per heavy atom. The average molecular weight is 339 g/mol. The first kappa shape index (κ1) is 15.1. The number of carbonyl (C=O) groups is 1. The summed E-state index contributed by atoms with van der Waals surface area (Å²) in [5.41, 5.74) is 2.70. The molecule has 4 rings (SSSR count). The van der Waals surface area contributed by atoms with E-state index in [9.17, 15) is 4.79 Å². The molecule has 6 heteroatoms. The Labute approximate surface area is 144 Å². The summed E-state index contributed by atoms with van der Waals surface area (Å²) in [4.78, 5) is 20.1. The van der Waals surface area contributed by atoms with Gasteiger partial charge in [-0.3, -0.25) is 9.79 Å². The van der Waals surface area contributed by atoms with Gasteiger partial charge in [-0.2, -0.15) is 0 Å². The Kier molecular flexibility index (Phi) is 3.69. The van der Waals surface area contributed by atoms with Gasteiger partial charge in [0.2, 0.25) is 5.91 Å². The number of fused-ring (bicyclic) bond motifs is 3. The van der Waals surface area contributed by atoms with E-state index in [1.54, 1.807) is 17.8 Å². The molecule has 2 aromatic rings. The second-order valence-corrected chi connectivity index (χ2v) is 6.84. The molecule has 5 nitrogen and oxygen atoms in total. The fraction of sp³-hybridized carbons (Fsp3) is 0.222. The number of rotatable bonds is 3. The van der Waals surface area contributed by atoms with Crippen molar-refractivity contribution in [3.8, 4) is 0 Å². The van der Waals surface area contributed by atoms with Crippen LogP contribution in [0, 0.1) is 6.92 Å². The molecule has 3 heterocycles. The molecule has 1 amide bonds. The summed E-state index contributed by atoms with van der Waals surface area (Å²) < 4.78 is 5.53. The number of furan rings is 1.